The standard InChI is InChI=1S/C9H14N2O4/c1-2-3-8(13)11-6(9(14)15)4-5-7(10)12/h2,6H,1,3-5H2,(H2,10,12)(H,11,13)(H,14,15). The van der Waals surface area contributed by atoms with Crippen LogP contribution >= 0.6 is 0 Å². The molecule has 6 nitrogen and oxygen atoms in total. The van der Waals surface area contributed by atoms with Crippen LogP contribution < -0.4 is 11.1 Å². The highest BCUT2D eigenvalue weighted by atomic mass is 16.4. The molecule has 0 rings (SSSR count). The van der Waals surface area contributed by atoms with E-state index in [1.165, 1.54) is 6.08 Å². The van der Waals surface area contributed by atoms with E-state index in [9.17, 15) is 14.4 Å². The monoisotopic (exact) mass is 214 g/mol. The van der Waals surface area contributed by atoms with Gasteiger partial charge in [-0.05, 0) is 6.42 Å². The van der Waals surface area contributed by atoms with Crippen molar-refractivity contribution in [1.82, 2.24) is 5.32 Å². The fourth-order valence-electron chi connectivity index (χ4n) is 0.928. The van der Waals surface area contributed by atoms with Crippen molar-refractivity contribution in [3.05, 3.63) is 12.7 Å². The molecule has 0 aromatic heterocycles. The van der Waals surface area contributed by atoms with Crippen LogP contribution in [0.25, 0.3) is 0 Å². The molecule has 1 unspecified atom stereocenters. The van der Waals surface area contributed by atoms with Gasteiger partial charge in [0.15, 0.2) is 0 Å². The van der Waals surface area contributed by atoms with Crippen molar-refractivity contribution in [3.8, 4) is 0 Å². The molecule has 0 bridgehead atoms. The fourth-order valence-corrected chi connectivity index (χ4v) is 0.928. The van der Waals surface area contributed by atoms with Gasteiger partial charge in [0.2, 0.25) is 11.8 Å². The summed E-state index contributed by atoms with van der Waals surface area (Å²) in [4.78, 5) is 32.1. The summed E-state index contributed by atoms with van der Waals surface area (Å²) in [5.74, 6) is -2.23. The lowest BCUT2D eigenvalue weighted by atomic mass is 10.1. The van der Waals surface area contributed by atoms with Crippen molar-refractivity contribution in [2.75, 3.05) is 0 Å². The summed E-state index contributed by atoms with van der Waals surface area (Å²) >= 11 is 0. The van der Waals surface area contributed by atoms with Gasteiger partial charge in [0.05, 0.1) is 0 Å². The van der Waals surface area contributed by atoms with Crippen LogP contribution in [0.1, 0.15) is 19.3 Å². The van der Waals surface area contributed by atoms with E-state index in [4.69, 9.17) is 10.8 Å². The number of hydrogen-bond acceptors (Lipinski definition) is 3. The molecule has 0 aromatic carbocycles. The molecule has 0 spiro atoms. The minimum atomic E-state index is -1.19. The first-order valence-corrected chi connectivity index (χ1v) is 4.38. The third-order valence-corrected chi connectivity index (χ3v) is 1.64. The first-order chi connectivity index (χ1) is 6.97. The number of carbonyl (C=O) groups is 3. The Balaban J connectivity index is 4.15. The predicted molar refractivity (Wildman–Crippen MR) is 52.8 cm³/mol. The van der Waals surface area contributed by atoms with Gasteiger partial charge in [-0.2, -0.15) is 0 Å². The van der Waals surface area contributed by atoms with Gasteiger partial charge < -0.3 is 16.2 Å². The third kappa shape index (κ3) is 6.25. The van der Waals surface area contributed by atoms with Gasteiger partial charge in [-0.25, -0.2) is 4.79 Å². The molecule has 0 aromatic rings. The molecular weight excluding hydrogens is 200 g/mol. The number of primary amides is 1. The number of carboxylic acids is 1. The molecule has 0 aliphatic heterocycles. The van der Waals surface area contributed by atoms with E-state index in [2.05, 4.69) is 11.9 Å². The number of carbonyl (C=O) groups excluding carboxylic acids is 2. The minimum absolute atomic E-state index is 0.00640. The predicted octanol–water partition coefficient (Wildman–Crippen LogP) is -0.603. The van der Waals surface area contributed by atoms with Crippen molar-refractivity contribution in [1.29, 1.82) is 0 Å². The van der Waals surface area contributed by atoms with Crippen LogP contribution in [-0.4, -0.2) is 28.9 Å². The number of aliphatic carboxylic acids is 1. The topological polar surface area (TPSA) is 109 Å². The summed E-state index contributed by atoms with van der Waals surface area (Å²) in [6.07, 6.45) is 1.32. The number of hydrogen-bond donors (Lipinski definition) is 3. The molecule has 4 N–H and O–H groups in total. The second-order valence-corrected chi connectivity index (χ2v) is 2.96. The van der Waals surface area contributed by atoms with E-state index in [0.29, 0.717) is 0 Å². The van der Waals surface area contributed by atoms with Crippen LogP contribution in [0.5, 0.6) is 0 Å². The maximum Gasteiger partial charge on any atom is 0.326 e. The Bertz CT molecular complexity index is 275. The van der Waals surface area contributed by atoms with Gasteiger partial charge >= 0.3 is 5.97 Å². The Morgan fingerprint density at radius 3 is 2.47 bits per heavy atom. The zero-order chi connectivity index (χ0) is 11.8. The molecule has 0 heterocycles. The number of nitrogens with one attached hydrogen (secondary N) is 1. The Morgan fingerprint density at radius 1 is 1.47 bits per heavy atom. The highest BCUT2D eigenvalue weighted by Crippen LogP contribution is 1.98. The maximum atomic E-state index is 11.0. The summed E-state index contributed by atoms with van der Waals surface area (Å²) in [6, 6.07) is -1.08. The number of amides is 2. The molecule has 0 aliphatic carbocycles. The van der Waals surface area contributed by atoms with Crippen LogP contribution in [0.15, 0.2) is 12.7 Å². The first-order valence-electron chi connectivity index (χ1n) is 4.38. The van der Waals surface area contributed by atoms with Crippen molar-refractivity contribution in [3.63, 3.8) is 0 Å². The van der Waals surface area contributed by atoms with Gasteiger partial charge in [-0.15, -0.1) is 6.58 Å². The normalized spacial score (nSPS) is 11.5. The van der Waals surface area contributed by atoms with E-state index in [1.807, 2.05) is 0 Å². The largest absolute Gasteiger partial charge is 0.480 e. The summed E-state index contributed by atoms with van der Waals surface area (Å²) in [6.45, 7) is 3.34. The second kappa shape index (κ2) is 6.58. The maximum absolute atomic E-state index is 11.0. The Hall–Kier alpha value is -1.85. The lowest BCUT2D eigenvalue weighted by Crippen LogP contribution is -2.41. The van der Waals surface area contributed by atoms with Gasteiger partial charge in [0.1, 0.15) is 6.04 Å². The lowest BCUT2D eigenvalue weighted by molar-refractivity contribution is -0.142. The molecule has 2 amide bonds. The molecule has 1 atom stereocenters. The average molecular weight is 214 g/mol. The molecule has 0 radical (unpaired) electrons. The molecule has 84 valence electrons. The molecule has 0 saturated heterocycles. The second-order valence-electron chi connectivity index (χ2n) is 2.96. The van der Waals surface area contributed by atoms with Crippen LogP contribution in [0.2, 0.25) is 0 Å². The van der Waals surface area contributed by atoms with E-state index in [1.54, 1.807) is 0 Å². The van der Waals surface area contributed by atoms with E-state index in [0.717, 1.165) is 0 Å². The van der Waals surface area contributed by atoms with Gasteiger partial charge in [-0.1, -0.05) is 6.08 Å². The summed E-state index contributed by atoms with van der Waals surface area (Å²) in [7, 11) is 0. The van der Waals surface area contributed by atoms with Crippen molar-refractivity contribution >= 4 is 17.8 Å². The Morgan fingerprint density at radius 2 is 2.07 bits per heavy atom. The van der Waals surface area contributed by atoms with Crippen LogP contribution in [-0.2, 0) is 14.4 Å². The lowest BCUT2D eigenvalue weighted by Gasteiger charge is -2.12. The van der Waals surface area contributed by atoms with Crippen molar-refractivity contribution in [2.24, 2.45) is 5.73 Å². The minimum Gasteiger partial charge on any atom is -0.480 e. The number of carboxylic acid groups (broad SMARTS) is 1. The average Bonchev–Trinajstić information content (AvgIpc) is 2.11. The van der Waals surface area contributed by atoms with E-state index >= 15 is 0 Å². The zero-order valence-corrected chi connectivity index (χ0v) is 8.23. The quantitative estimate of drug-likeness (QED) is 0.491. The molecule has 0 aliphatic rings. The van der Waals surface area contributed by atoms with E-state index < -0.39 is 23.8 Å². The van der Waals surface area contributed by atoms with Crippen LogP contribution in [0.3, 0.4) is 0 Å². The first kappa shape index (κ1) is 13.2. The zero-order valence-electron chi connectivity index (χ0n) is 8.23. The summed E-state index contributed by atoms with van der Waals surface area (Å²) < 4.78 is 0. The SMILES string of the molecule is C=CCC(=O)NC(CCC(N)=O)C(=O)O. The highest BCUT2D eigenvalue weighted by Gasteiger charge is 2.19. The highest BCUT2D eigenvalue weighted by molar-refractivity contribution is 5.84. The molecule has 15 heavy (non-hydrogen) atoms. The Labute approximate surface area is 87.1 Å². The molecular formula is C9H14N2O4. The van der Waals surface area contributed by atoms with Crippen LogP contribution in [0.4, 0.5) is 0 Å². The summed E-state index contributed by atoms with van der Waals surface area (Å²) in [5.41, 5.74) is 4.87. The number of rotatable bonds is 7. The van der Waals surface area contributed by atoms with Gasteiger partial charge in [0.25, 0.3) is 0 Å². The van der Waals surface area contributed by atoms with E-state index in [-0.39, 0.29) is 19.3 Å². The van der Waals surface area contributed by atoms with Crippen molar-refractivity contribution in [2.45, 2.75) is 25.3 Å². The Kier molecular flexibility index (Phi) is 5.77. The molecule has 6 heteroatoms. The molecule has 0 fully saturated rings. The number of nitrogens with two attached hydrogens (primary N) is 1. The van der Waals surface area contributed by atoms with Crippen LogP contribution in [0, 0.1) is 0 Å². The van der Waals surface area contributed by atoms with Crippen molar-refractivity contribution < 1.29 is 19.5 Å². The third-order valence-electron chi connectivity index (χ3n) is 1.64. The smallest absolute Gasteiger partial charge is 0.326 e. The van der Waals surface area contributed by atoms with Gasteiger partial charge in [-0.3, -0.25) is 9.59 Å². The summed E-state index contributed by atoms with van der Waals surface area (Å²) in [5, 5.41) is 11.0. The van der Waals surface area contributed by atoms with Gasteiger partial charge in [0, 0.05) is 12.8 Å². The fraction of sp³-hybridized carbons (Fsp3) is 0.444. The molecule has 0 saturated carbocycles.